The highest BCUT2D eigenvalue weighted by Crippen LogP contribution is 2.26. The summed E-state index contributed by atoms with van der Waals surface area (Å²) in [5, 5.41) is 3.43. The molecule has 0 bridgehead atoms. The van der Waals surface area contributed by atoms with Gasteiger partial charge in [-0.3, -0.25) is 4.90 Å². The summed E-state index contributed by atoms with van der Waals surface area (Å²) in [5.74, 6) is 0.945. The molecule has 1 aromatic rings. The van der Waals surface area contributed by atoms with Gasteiger partial charge in [-0.05, 0) is 59.6 Å². The number of hydrogen-bond donors (Lipinski definition) is 1. The predicted octanol–water partition coefficient (Wildman–Crippen LogP) is 3.81. The zero-order chi connectivity index (χ0) is 15.1. The average molecular weight is 355 g/mol. The summed E-state index contributed by atoms with van der Waals surface area (Å²) in [4.78, 5) is 2.50. The van der Waals surface area contributed by atoms with Crippen LogP contribution in [0.4, 0.5) is 0 Å². The van der Waals surface area contributed by atoms with Crippen LogP contribution in [0.15, 0.2) is 22.7 Å². The molecule has 3 nitrogen and oxygen atoms in total. The smallest absolute Gasteiger partial charge is 0.133 e. The lowest BCUT2D eigenvalue weighted by Crippen LogP contribution is -2.33. The molecule has 0 atom stereocenters. The number of rotatable bonds is 7. The Labute approximate surface area is 137 Å². The van der Waals surface area contributed by atoms with E-state index in [2.05, 4.69) is 58.2 Å². The van der Waals surface area contributed by atoms with Crippen molar-refractivity contribution in [3.63, 3.8) is 0 Å². The molecule has 1 aliphatic rings. The monoisotopic (exact) mass is 354 g/mol. The Hall–Kier alpha value is -0.580. The van der Waals surface area contributed by atoms with Crippen molar-refractivity contribution in [3.05, 3.63) is 28.2 Å². The highest BCUT2D eigenvalue weighted by atomic mass is 79.9. The Morgan fingerprint density at radius 1 is 1.24 bits per heavy atom. The number of nitrogens with zero attached hydrogens (tertiary/aromatic N) is 1. The molecule has 1 aromatic carbocycles. The molecule has 0 amide bonds. The van der Waals surface area contributed by atoms with E-state index in [0.717, 1.165) is 29.9 Å². The van der Waals surface area contributed by atoms with E-state index in [4.69, 9.17) is 4.74 Å². The van der Waals surface area contributed by atoms with Crippen molar-refractivity contribution >= 4 is 15.9 Å². The molecule has 118 valence electrons. The number of nitrogens with one attached hydrogen (secondary N) is 1. The lowest BCUT2D eigenvalue weighted by Gasteiger charge is -2.26. The molecule has 1 N–H and O–H groups in total. The molecular formula is C17H27BrN2O. The van der Waals surface area contributed by atoms with Gasteiger partial charge < -0.3 is 10.1 Å². The van der Waals surface area contributed by atoms with Gasteiger partial charge in [-0.25, -0.2) is 0 Å². The van der Waals surface area contributed by atoms with Crippen LogP contribution in [0.3, 0.4) is 0 Å². The van der Waals surface area contributed by atoms with Crippen LogP contribution in [0.25, 0.3) is 0 Å². The van der Waals surface area contributed by atoms with Crippen LogP contribution in [0, 0.1) is 0 Å². The normalized spacial score (nSPS) is 16.4. The molecule has 1 aliphatic heterocycles. The molecular weight excluding hydrogens is 328 g/mol. The van der Waals surface area contributed by atoms with Crippen LogP contribution in [-0.2, 0) is 6.54 Å². The van der Waals surface area contributed by atoms with Gasteiger partial charge in [0.1, 0.15) is 12.4 Å². The molecule has 0 unspecified atom stereocenters. The minimum atomic E-state index is 0.504. The van der Waals surface area contributed by atoms with Crippen LogP contribution in [0.2, 0.25) is 0 Å². The van der Waals surface area contributed by atoms with Crippen molar-refractivity contribution in [2.75, 3.05) is 26.2 Å². The van der Waals surface area contributed by atoms with E-state index in [0.29, 0.717) is 6.04 Å². The van der Waals surface area contributed by atoms with Gasteiger partial charge in [-0.1, -0.05) is 26.3 Å². The van der Waals surface area contributed by atoms with Crippen molar-refractivity contribution in [3.8, 4) is 5.75 Å². The fourth-order valence-corrected chi connectivity index (χ4v) is 3.10. The second kappa shape index (κ2) is 8.76. The van der Waals surface area contributed by atoms with Gasteiger partial charge in [-0.15, -0.1) is 0 Å². The Kier molecular flexibility index (Phi) is 7.00. The number of benzene rings is 1. The summed E-state index contributed by atoms with van der Waals surface area (Å²) in [7, 11) is 0. The minimum absolute atomic E-state index is 0.504. The number of hydrogen-bond acceptors (Lipinski definition) is 3. The topological polar surface area (TPSA) is 24.5 Å². The van der Waals surface area contributed by atoms with Gasteiger partial charge in [0, 0.05) is 19.1 Å². The van der Waals surface area contributed by atoms with Gasteiger partial charge >= 0.3 is 0 Å². The van der Waals surface area contributed by atoms with Crippen molar-refractivity contribution in [1.82, 2.24) is 10.2 Å². The maximum Gasteiger partial charge on any atom is 0.133 e. The molecule has 0 aromatic heterocycles. The predicted molar refractivity (Wildman–Crippen MR) is 91.9 cm³/mol. The lowest BCUT2D eigenvalue weighted by molar-refractivity contribution is 0.183. The third-order valence-electron chi connectivity index (χ3n) is 3.82. The first-order valence-electron chi connectivity index (χ1n) is 8.02. The number of halogens is 1. The Morgan fingerprint density at radius 3 is 2.67 bits per heavy atom. The zero-order valence-corrected chi connectivity index (χ0v) is 14.8. The third-order valence-corrected chi connectivity index (χ3v) is 4.44. The fourth-order valence-electron chi connectivity index (χ4n) is 2.56. The van der Waals surface area contributed by atoms with E-state index in [9.17, 15) is 0 Å². The van der Waals surface area contributed by atoms with E-state index in [1.54, 1.807) is 0 Å². The fraction of sp³-hybridized carbons (Fsp3) is 0.647. The second-order valence-electron chi connectivity index (χ2n) is 6.05. The van der Waals surface area contributed by atoms with E-state index in [1.165, 1.54) is 37.9 Å². The van der Waals surface area contributed by atoms with Crippen LogP contribution in [-0.4, -0.2) is 37.2 Å². The minimum Gasteiger partial charge on any atom is -0.491 e. The van der Waals surface area contributed by atoms with Gasteiger partial charge in [0.25, 0.3) is 0 Å². The molecule has 0 aliphatic carbocycles. The largest absolute Gasteiger partial charge is 0.491 e. The molecule has 0 saturated carbocycles. The zero-order valence-electron chi connectivity index (χ0n) is 13.2. The first-order valence-corrected chi connectivity index (χ1v) is 8.81. The summed E-state index contributed by atoms with van der Waals surface area (Å²) >= 11 is 3.61. The number of ether oxygens (including phenoxy) is 1. The summed E-state index contributed by atoms with van der Waals surface area (Å²) in [6.45, 7) is 9.46. The van der Waals surface area contributed by atoms with Gasteiger partial charge in [0.05, 0.1) is 4.47 Å². The summed E-state index contributed by atoms with van der Waals surface area (Å²) in [5.41, 5.74) is 1.28. The van der Waals surface area contributed by atoms with E-state index >= 15 is 0 Å². The Bertz CT molecular complexity index is 431. The Balaban J connectivity index is 1.77. The quantitative estimate of drug-likeness (QED) is 0.805. The van der Waals surface area contributed by atoms with Crippen LogP contribution in [0.5, 0.6) is 5.75 Å². The highest BCUT2D eigenvalue weighted by molar-refractivity contribution is 9.10. The number of piperidine rings is 1. The van der Waals surface area contributed by atoms with E-state index < -0.39 is 0 Å². The molecule has 2 rings (SSSR count). The maximum atomic E-state index is 5.91. The van der Waals surface area contributed by atoms with Crippen molar-refractivity contribution in [2.45, 2.75) is 45.7 Å². The molecule has 0 spiro atoms. The van der Waals surface area contributed by atoms with Crippen LogP contribution < -0.4 is 10.1 Å². The first-order chi connectivity index (χ1) is 10.1. The lowest BCUT2D eigenvalue weighted by atomic mass is 10.1. The number of likely N-dealkylation sites (tertiary alicyclic amines) is 1. The van der Waals surface area contributed by atoms with Crippen molar-refractivity contribution < 1.29 is 4.74 Å². The van der Waals surface area contributed by atoms with Crippen LogP contribution in [0.1, 0.15) is 38.7 Å². The summed E-state index contributed by atoms with van der Waals surface area (Å²) < 4.78 is 6.96. The van der Waals surface area contributed by atoms with E-state index in [-0.39, 0.29) is 0 Å². The maximum absolute atomic E-state index is 5.91. The van der Waals surface area contributed by atoms with Crippen molar-refractivity contribution in [1.29, 1.82) is 0 Å². The molecule has 21 heavy (non-hydrogen) atoms. The van der Waals surface area contributed by atoms with Crippen molar-refractivity contribution in [2.24, 2.45) is 0 Å². The second-order valence-corrected chi connectivity index (χ2v) is 6.91. The molecule has 4 heteroatoms. The van der Waals surface area contributed by atoms with Gasteiger partial charge in [0.2, 0.25) is 0 Å². The SMILES string of the molecule is CC(C)NCc1ccc(OCCN2CCCCC2)c(Br)c1. The van der Waals surface area contributed by atoms with Gasteiger partial charge in [0.15, 0.2) is 0 Å². The molecule has 1 heterocycles. The average Bonchev–Trinajstić information content (AvgIpc) is 2.48. The highest BCUT2D eigenvalue weighted by Gasteiger charge is 2.10. The Morgan fingerprint density at radius 2 is 2.00 bits per heavy atom. The van der Waals surface area contributed by atoms with Crippen LogP contribution >= 0.6 is 15.9 Å². The molecule has 1 fully saturated rings. The first kappa shape index (κ1) is 16.8. The molecule has 0 radical (unpaired) electrons. The standard InChI is InChI=1S/C17H27BrN2O/c1-14(2)19-13-15-6-7-17(16(18)12-15)21-11-10-20-8-4-3-5-9-20/h6-7,12,14,19H,3-5,8-11,13H2,1-2H3. The third kappa shape index (κ3) is 5.97. The van der Waals surface area contributed by atoms with Gasteiger partial charge in [-0.2, -0.15) is 0 Å². The summed E-state index contributed by atoms with van der Waals surface area (Å²) in [6.07, 6.45) is 4.05. The van der Waals surface area contributed by atoms with E-state index in [1.807, 2.05) is 0 Å². The molecule has 1 saturated heterocycles. The summed E-state index contributed by atoms with van der Waals surface area (Å²) in [6, 6.07) is 6.85.